The molecule has 0 saturated carbocycles. The summed E-state index contributed by atoms with van der Waals surface area (Å²) in [6.45, 7) is 2.50. The van der Waals surface area contributed by atoms with E-state index in [2.05, 4.69) is 45.2 Å². The molecule has 0 unspecified atom stereocenters. The summed E-state index contributed by atoms with van der Waals surface area (Å²) in [5, 5.41) is 9.01. The number of amides is 2. The van der Waals surface area contributed by atoms with Gasteiger partial charge in [0.2, 0.25) is 5.91 Å². The van der Waals surface area contributed by atoms with Gasteiger partial charge in [-0.25, -0.2) is 0 Å². The van der Waals surface area contributed by atoms with Gasteiger partial charge in [0.1, 0.15) is 0 Å². The van der Waals surface area contributed by atoms with Gasteiger partial charge in [-0.1, -0.05) is 42.5 Å². The molecule has 2 amide bonds. The van der Waals surface area contributed by atoms with Gasteiger partial charge in [0, 0.05) is 39.3 Å². The Balaban J connectivity index is 1.36. The number of nitrogens with zero attached hydrogens (tertiary/aromatic N) is 2. The molecule has 2 aromatic rings. The predicted molar refractivity (Wildman–Crippen MR) is 132 cm³/mol. The Morgan fingerprint density at radius 1 is 1.00 bits per heavy atom. The summed E-state index contributed by atoms with van der Waals surface area (Å²) in [5.41, 5.74) is 3.09. The van der Waals surface area contributed by atoms with E-state index in [-0.39, 0.29) is 18.4 Å². The molecule has 0 atom stereocenters. The van der Waals surface area contributed by atoms with Crippen LogP contribution < -0.4 is 16.0 Å². The van der Waals surface area contributed by atoms with Gasteiger partial charge in [0.05, 0.1) is 6.54 Å². The Bertz CT molecular complexity index is 937. The zero-order chi connectivity index (χ0) is 23.5. The van der Waals surface area contributed by atoms with Crippen molar-refractivity contribution in [3.63, 3.8) is 0 Å². The highest BCUT2D eigenvalue weighted by atomic mass is 16.2. The standard InChI is InChI=1S/C26H35N5O2/c1-27-25(33)23-10-6-9-21(18-23)11-14-29-26(28-2)30-19-24(32)31-15-12-22(13-16-31)17-20-7-4-3-5-8-20/h3-10,18,22H,11-17,19H2,1-2H3,(H,27,33)(H2,28,29,30). The molecule has 1 aliphatic rings. The normalized spacial score (nSPS) is 14.6. The summed E-state index contributed by atoms with van der Waals surface area (Å²) in [6, 6.07) is 18.1. The summed E-state index contributed by atoms with van der Waals surface area (Å²) >= 11 is 0. The largest absolute Gasteiger partial charge is 0.356 e. The van der Waals surface area contributed by atoms with Crippen LogP contribution >= 0.6 is 0 Å². The van der Waals surface area contributed by atoms with Gasteiger partial charge in [-0.2, -0.15) is 0 Å². The average Bonchev–Trinajstić information content (AvgIpc) is 2.86. The van der Waals surface area contributed by atoms with Gasteiger partial charge in [0.25, 0.3) is 5.91 Å². The topological polar surface area (TPSA) is 85.8 Å². The minimum atomic E-state index is -0.0927. The molecular formula is C26H35N5O2. The molecule has 0 radical (unpaired) electrons. The molecule has 0 aliphatic carbocycles. The number of aliphatic imine (C=N–C) groups is 1. The lowest BCUT2D eigenvalue weighted by Crippen LogP contribution is -2.47. The van der Waals surface area contributed by atoms with E-state index in [0.29, 0.717) is 24.0 Å². The molecule has 2 aromatic carbocycles. The Kier molecular flexibility index (Phi) is 9.30. The fraction of sp³-hybridized carbons (Fsp3) is 0.423. The molecule has 1 aliphatic heterocycles. The second kappa shape index (κ2) is 12.6. The van der Waals surface area contributed by atoms with Crippen molar-refractivity contribution in [1.82, 2.24) is 20.9 Å². The number of carbonyl (C=O) groups excluding carboxylic acids is 2. The van der Waals surface area contributed by atoms with Crippen molar-refractivity contribution in [2.24, 2.45) is 10.9 Å². The van der Waals surface area contributed by atoms with Crippen LogP contribution in [0.4, 0.5) is 0 Å². The number of guanidine groups is 1. The van der Waals surface area contributed by atoms with Gasteiger partial charge in [0.15, 0.2) is 5.96 Å². The molecule has 3 N–H and O–H groups in total. The first-order chi connectivity index (χ1) is 16.1. The number of carbonyl (C=O) groups is 2. The highest BCUT2D eigenvalue weighted by molar-refractivity contribution is 5.94. The molecular weight excluding hydrogens is 414 g/mol. The summed E-state index contributed by atoms with van der Waals surface area (Å²) in [7, 11) is 3.32. The van der Waals surface area contributed by atoms with Gasteiger partial charge >= 0.3 is 0 Å². The monoisotopic (exact) mass is 449 g/mol. The maximum absolute atomic E-state index is 12.7. The number of nitrogens with one attached hydrogen (secondary N) is 3. The van der Waals surface area contributed by atoms with Crippen LogP contribution in [-0.4, -0.2) is 62.9 Å². The van der Waals surface area contributed by atoms with Crippen molar-refractivity contribution in [3.05, 3.63) is 71.3 Å². The van der Waals surface area contributed by atoms with Crippen molar-refractivity contribution in [1.29, 1.82) is 0 Å². The fourth-order valence-corrected chi connectivity index (χ4v) is 4.16. The van der Waals surface area contributed by atoms with Gasteiger partial charge in [-0.05, 0) is 54.9 Å². The van der Waals surface area contributed by atoms with Crippen LogP contribution in [0, 0.1) is 5.92 Å². The van der Waals surface area contributed by atoms with E-state index in [1.165, 1.54) is 5.56 Å². The highest BCUT2D eigenvalue weighted by Crippen LogP contribution is 2.21. The lowest BCUT2D eigenvalue weighted by Gasteiger charge is -2.32. The molecule has 3 rings (SSSR count). The van der Waals surface area contributed by atoms with E-state index in [4.69, 9.17) is 0 Å². The van der Waals surface area contributed by atoms with Gasteiger partial charge < -0.3 is 20.9 Å². The SMILES string of the molecule is CN=C(NCCc1cccc(C(=O)NC)c1)NCC(=O)N1CCC(Cc2ccccc2)CC1. The van der Waals surface area contributed by atoms with E-state index in [0.717, 1.165) is 44.3 Å². The first-order valence-corrected chi connectivity index (χ1v) is 11.7. The Morgan fingerprint density at radius 2 is 1.73 bits per heavy atom. The molecule has 176 valence electrons. The highest BCUT2D eigenvalue weighted by Gasteiger charge is 2.22. The van der Waals surface area contributed by atoms with Crippen LogP contribution in [0.15, 0.2) is 59.6 Å². The van der Waals surface area contributed by atoms with Crippen molar-refractivity contribution in [2.75, 3.05) is 40.3 Å². The Hall–Kier alpha value is -3.35. The zero-order valence-electron chi connectivity index (χ0n) is 19.6. The minimum Gasteiger partial charge on any atom is -0.356 e. The zero-order valence-corrected chi connectivity index (χ0v) is 19.6. The van der Waals surface area contributed by atoms with E-state index in [1.807, 2.05) is 29.2 Å². The average molecular weight is 450 g/mol. The smallest absolute Gasteiger partial charge is 0.251 e. The molecule has 1 heterocycles. The van der Waals surface area contributed by atoms with Crippen molar-refractivity contribution in [3.8, 4) is 0 Å². The second-order valence-corrected chi connectivity index (χ2v) is 8.40. The first-order valence-electron chi connectivity index (χ1n) is 11.7. The number of rotatable bonds is 8. The molecule has 7 nitrogen and oxygen atoms in total. The van der Waals surface area contributed by atoms with Crippen LogP contribution in [0.5, 0.6) is 0 Å². The van der Waals surface area contributed by atoms with Crippen molar-refractivity contribution in [2.45, 2.75) is 25.7 Å². The lowest BCUT2D eigenvalue weighted by molar-refractivity contribution is -0.131. The predicted octanol–water partition coefficient (Wildman–Crippen LogP) is 2.24. The number of hydrogen-bond acceptors (Lipinski definition) is 3. The van der Waals surface area contributed by atoms with Crippen molar-refractivity contribution >= 4 is 17.8 Å². The Labute approximate surface area is 196 Å². The summed E-state index contributed by atoms with van der Waals surface area (Å²) in [4.78, 5) is 30.6. The lowest BCUT2D eigenvalue weighted by atomic mass is 9.90. The molecule has 7 heteroatoms. The minimum absolute atomic E-state index is 0.0927. The van der Waals surface area contributed by atoms with Crippen LogP contribution in [0.25, 0.3) is 0 Å². The van der Waals surface area contributed by atoms with Gasteiger partial charge in [-0.15, -0.1) is 0 Å². The molecule has 0 bridgehead atoms. The summed E-state index contributed by atoms with van der Waals surface area (Å²) in [5.74, 6) is 1.25. The fourth-order valence-electron chi connectivity index (χ4n) is 4.16. The third-order valence-electron chi connectivity index (χ3n) is 6.09. The summed E-state index contributed by atoms with van der Waals surface area (Å²) in [6.07, 6.45) is 3.92. The van der Waals surface area contributed by atoms with Gasteiger partial charge in [-0.3, -0.25) is 14.6 Å². The maximum atomic E-state index is 12.7. The van der Waals surface area contributed by atoms with Crippen LogP contribution in [0.3, 0.4) is 0 Å². The van der Waals surface area contributed by atoms with E-state index >= 15 is 0 Å². The maximum Gasteiger partial charge on any atom is 0.251 e. The van der Waals surface area contributed by atoms with E-state index < -0.39 is 0 Å². The number of benzene rings is 2. The van der Waals surface area contributed by atoms with Crippen LogP contribution in [-0.2, 0) is 17.6 Å². The molecule has 0 spiro atoms. The molecule has 1 fully saturated rings. The van der Waals surface area contributed by atoms with Crippen molar-refractivity contribution < 1.29 is 9.59 Å². The first kappa shape index (κ1) is 24.3. The third kappa shape index (κ3) is 7.63. The van der Waals surface area contributed by atoms with Crippen LogP contribution in [0.2, 0.25) is 0 Å². The number of piperidine rings is 1. The molecule has 1 saturated heterocycles. The Morgan fingerprint density at radius 3 is 2.42 bits per heavy atom. The molecule has 0 aromatic heterocycles. The molecule has 33 heavy (non-hydrogen) atoms. The number of hydrogen-bond donors (Lipinski definition) is 3. The quantitative estimate of drug-likeness (QED) is 0.426. The second-order valence-electron chi connectivity index (χ2n) is 8.40. The van der Waals surface area contributed by atoms with E-state index in [1.54, 1.807) is 20.2 Å². The summed E-state index contributed by atoms with van der Waals surface area (Å²) < 4.78 is 0. The third-order valence-corrected chi connectivity index (χ3v) is 6.09. The van der Waals surface area contributed by atoms with E-state index in [9.17, 15) is 9.59 Å². The van der Waals surface area contributed by atoms with Crippen LogP contribution in [0.1, 0.15) is 34.3 Å². The number of likely N-dealkylation sites (tertiary alicyclic amines) is 1.